The zero-order valence-electron chi connectivity index (χ0n) is 12.8. The number of urea groups is 1. The van der Waals surface area contributed by atoms with Crippen LogP contribution in [-0.4, -0.2) is 39.5 Å². The summed E-state index contributed by atoms with van der Waals surface area (Å²) < 4.78 is 9.96. The number of hydrogen-bond donors (Lipinski definition) is 1. The van der Waals surface area contributed by atoms with Gasteiger partial charge in [0.05, 0.1) is 18.7 Å². The van der Waals surface area contributed by atoms with E-state index < -0.39 is 12.0 Å². The van der Waals surface area contributed by atoms with Gasteiger partial charge in [0.15, 0.2) is 12.4 Å². The summed E-state index contributed by atoms with van der Waals surface area (Å²) in [6, 6.07) is 6.08. The number of aromatic nitrogens is 2. The van der Waals surface area contributed by atoms with Gasteiger partial charge in [-0.25, -0.2) is 9.59 Å². The number of nitrogens with zero attached hydrogens (tertiary/aromatic N) is 3. The number of carbonyl (C=O) groups is 3. The molecule has 2 aromatic rings. The molecular weight excluding hydrogens is 316 g/mol. The number of aryl methyl sites for hydroxylation is 1. The lowest BCUT2D eigenvalue weighted by atomic mass is 10.1. The van der Waals surface area contributed by atoms with Crippen LogP contribution in [0.15, 0.2) is 28.8 Å². The highest BCUT2D eigenvalue weighted by Gasteiger charge is 2.28. The van der Waals surface area contributed by atoms with Crippen LogP contribution in [0.4, 0.5) is 4.79 Å². The lowest BCUT2D eigenvalue weighted by Gasteiger charge is -2.12. The van der Waals surface area contributed by atoms with Crippen LogP contribution in [0.2, 0.25) is 0 Å². The largest absolute Gasteiger partial charge is 0.452 e. The molecule has 1 fully saturated rings. The second-order valence-electron chi connectivity index (χ2n) is 5.15. The van der Waals surface area contributed by atoms with Crippen molar-refractivity contribution in [3.05, 3.63) is 47.1 Å². The average molecular weight is 330 g/mol. The Morgan fingerprint density at radius 2 is 2.25 bits per heavy atom. The maximum atomic E-state index is 12.1. The molecule has 1 saturated heterocycles. The Labute approximate surface area is 136 Å². The predicted molar refractivity (Wildman–Crippen MR) is 78.5 cm³/mol. The average Bonchev–Trinajstić information content (AvgIpc) is 3.13. The molecule has 24 heavy (non-hydrogen) atoms. The first-order valence-corrected chi connectivity index (χ1v) is 7.16. The highest BCUT2D eigenvalue weighted by Crippen LogP contribution is 2.12. The van der Waals surface area contributed by atoms with E-state index >= 15 is 0 Å². The van der Waals surface area contributed by atoms with E-state index in [4.69, 9.17) is 9.26 Å². The van der Waals surface area contributed by atoms with Crippen molar-refractivity contribution in [2.24, 2.45) is 0 Å². The van der Waals surface area contributed by atoms with E-state index in [2.05, 4.69) is 15.5 Å². The lowest BCUT2D eigenvalue weighted by molar-refractivity contribution is -0.125. The number of esters is 1. The van der Waals surface area contributed by atoms with Gasteiger partial charge in [0.25, 0.3) is 5.89 Å². The SMILES string of the molecule is Cc1noc(COC(=O)c2cccc(CN3C(=O)CNC3=O)c2)n1. The summed E-state index contributed by atoms with van der Waals surface area (Å²) in [5, 5.41) is 6.04. The van der Waals surface area contributed by atoms with Gasteiger partial charge >= 0.3 is 12.0 Å². The number of imide groups is 1. The molecule has 0 spiro atoms. The molecule has 1 aliphatic heterocycles. The summed E-state index contributed by atoms with van der Waals surface area (Å²) in [5.74, 6) is -0.211. The van der Waals surface area contributed by atoms with E-state index in [1.165, 1.54) is 0 Å². The van der Waals surface area contributed by atoms with Gasteiger partial charge in [0.1, 0.15) is 0 Å². The topological polar surface area (TPSA) is 115 Å². The third-order valence-corrected chi connectivity index (χ3v) is 3.34. The van der Waals surface area contributed by atoms with Gasteiger partial charge in [-0.15, -0.1) is 0 Å². The first kappa shape index (κ1) is 15.7. The number of carbonyl (C=O) groups excluding carboxylic acids is 3. The fourth-order valence-corrected chi connectivity index (χ4v) is 2.20. The Bertz CT molecular complexity index is 785. The van der Waals surface area contributed by atoms with Gasteiger partial charge < -0.3 is 14.6 Å². The Kier molecular flexibility index (Phi) is 4.23. The molecule has 124 valence electrons. The molecule has 1 aromatic carbocycles. The van der Waals surface area contributed by atoms with Crippen LogP contribution in [0.1, 0.15) is 27.6 Å². The molecule has 0 aliphatic carbocycles. The zero-order valence-corrected chi connectivity index (χ0v) is 12.8. The van der Waals surface area contributed by atoms with Crippen LogP contribution in [-0.2, 0) is 22.7 Å². The smallest absolute Gasteiger partial charge is 0.338 e. The fourth-order valence-electron chi connectivity index (χ4n) is 2.20. The maximum absolute atomic E-state index is 12.1. The van der Waals surface area contributed by atoms with Crippen molar-refractivity contribution in [3.8, 4) is 0 Å². The molecule has 9 nitrogen and oxygen atoms in total. The summed E-state index contributed by atoms with van der Waals surface area (Å²) in [4.78, 5) is 40.2. The van der Waals surface area contributed by atoms with Crippen molar-refractivity contribution in [2.45, 2.75) is 20.1 Å². The molecule has 1 aliphatic rings. The summed E-state index contributed by atoms with van der Waals surface area (Å²) in [5.41, 5.74) is 0.944. The van der Waals surface area contributed by atoms with E-state index in [-0.39, 0.29) is 31.5 Å². The summed E-state index contributed by atoms with van der Waals surface area (Å²) in [6.07, 6.45) is 0. The number of nitrogens with one attached hydrogen (secondary N) is 1. The molecule has 3 amide bonds. The van der Waals surface area contributed by atoms with Crippen molar-refractivity contribution in [3.63, 3.8) is 0 Å². The molecule has 0 unspecified atom stereocenters. The molecule has 1 aromatic heterocycles. The Balaban J connectivity index is 1.64. The fraction of sp³-hybridized carbons (Fsp3) is 0.267. The van der Waals surface area contributed by atoms with Gasteiger partial charge in [-0.05, 0) is 24.6 Å². The maximum Gasteiger partial charge on any atom is 0.338 e. The Morgan fingerprint density at radius 3 is 2.92 bits per heavy atom. The molecular formula is C15H14N4O5. The second-order valence-corrected chi connectivity index (χ2v) is 5.15. The van der Waals surface area contributed by atoms with E-state index in [0.717, 1.165) is 4.90 Å². The van der Waals surface area contributed by atoms with Crippen LogP contribution in [0.3, 0.4) is 0 Å². The Hall–Kier alpha value is -3.23. The molecule has 0 bridgehead atoms. The predicted octanol–water partition coefficient (Wildman–Crippen LogP) is 0.787. The number of hydrogen-bond acceptors (Lipinski definition) is 7. The quantitative estimate of drug-likeness (QED) is 0.636. The molecule has 2 heterocycles. The first-order valence-electron chi connectivity index (χ1n) is 7.16. The van der Waals surface area contributed by atoms with Crippen molar-refractivity contribution in [1.82, 2.24) is 20.4 Å². The minimum absolute atomic E-state index is 0.00976. The van der Waals surface area contributed by atoms with Crippen LogP contribution in [0.5, 0.6) is 0 Å². The molecule has 9 heteroatoms. The minimum atomic E-state index is -0.565. The first-order chi connectivity index (χ1) is 11.5. The number of benzene rings is 1. The third-order valence-electron chi connectivity index (χ3n) is 3.34. The zero-order chi connectivity index (χ0) is 17.1. The number of amides is 3. The summed E-state index contributed by atoms with van der Waals surface area (Å²) in [6.45, 7) is 1.61. The minimum Gasteiger partial charge on any atom is -0.452 e. The standard InChI is InChI=1S/C15H14N4O5/c1-9-17-12(24-18-9)8-23-14(21)11-4-2-3-10(5-11)7-19-13(20)6-16-15(19)22/h2-5H,6-8H2,1H3,(H,16,22). The van der Waals surface area contributed by atoms with E-state index in [1.54, 1.807) is 31.2 Å². The normalized spacial score (nSPS) is 14.0. The molecule has 0 atom stereocenters. The molecule has 0 radical (unpaired) electrons. The van der Waals surface area contributed by atoms with Gasteiger partial charge in [0.2, 0.25) is 5.91 Å². The summed E-state index contributed by atoms with van der Waals surface area (Å²) >= 11 is 0. The van der Waals surface area contributed by atoms with Gasteiger partial charge in [-0.1, -0.05) is 17.3 Å². The summed E-state index contributed by atoms with van der Waals surface area (Å²) in [7, 11) is 0. The molecule has 1 N–H and O–H groups in total. The lowest BCUT2D eigenvalue weighted by Crippen LogP contribution is -2.30. The highest BCUT2D eigenvalue weighted by atomic mass is 16.6. The van der Waals surface area contributed by atoms with Crippen LogP contribution in [0, 0.1) is 6.92 Å². The van der Waals surface area contributed by atoms with Gasteiger partial charge in [-0.3, -0.25) is 9.69 Å². The van der Waals surface area contributed by atoms with E-state index in [0.29, 0.717) is 17.0 Å². The van der Waals surface area contributed by atoms with Crippen LogP contribution in [0.25, 0.3) is 0 Å². The van der Waals surface area contributed by atoms with Crippen LogP contribution < -0.4 is 5.32 Å². The van der Waals surface area contributed by atoms with E-state index in [1.807, 2.05) is 0 Å². The van der Waals surface area contributed by atoms with E-state index in [9.17, 15) is 14.4 Å². The van der Waals surface area contributed by atoms with Crippen molar-refractivity contribution in [1.29, 1.82) is 0 Å². The van der Waals surface area contributed by atoms with Crippen LogP contribution >= 0.6 is 0 Å². The van der Waals surface area contributed by atoms with Crippen molar-refractivity contribution >= 4 is 17.9 Å². The third kappa shape index (κ3) is 3.40. The number of rotatable bonds is 5. The Morgan fingerprint density at radius 1 is 1.42 bits per heavy atom. The molecule has 3 rings (SSSR count). The number of ether oxygens (including phenoxy) is 1. The van der Waals surface area contributed by atoms with Gasteiger partial charge in [0, 0.05) is 0 Å². The monoisotopic (exact) mass is 330 g/mol. The van der Waals surface area contributed by atoms with Crippen molar-refractivity contribution in [2.75, 3.05) is 6.54 Å². The highest BCUT2D eigenvalue weighted by molar-refractivity contribution is 6.01. The van der Waals surface area contributed by atoms with Crippen molar-refractivity contribution < 1.29 is 23.6 Å². The second kappa shape index (κ2) is 6.49. The van der Waals surface area contributed by atoms with Gasteiger partial charge in [-0.2, -0.15) is 4.98 Å². The molecule has 0 saturated carbocycles.